The summed E-state index contributed by atoms with van der Waals surface area (Å²) in [6.07, 6.45) is 0.788. The lowest BCUT2D eigenvalue weighted by atomic mass is 9.93. The highest BCUT2D eigenvalue weighted by molar-refractivity contribution is 5.81. The first-order valence-electron chi connectivity index (χ1n) is 6.94. The second kappa shape index (κ2) is 6.43. The van der Waals surface area contributed by atoms with Crippen molar-refractivity contribution in [1.29, 1.82) is 0 Å². The van der Waals surface area contributed by atoms with Crippen LogP contribution < -0.4 is 0 Å². The predicted molar refractivity (Wildman–Crippen MR) is 73.4 cm³/mol. The lowest BCUT2D eigenvalue weighted by Gasteiger charge is -2.40. The van der Waals surface area contributed by atoms with E-state index in [0.29, 0.717) is 19.4 Å². The third-order valence-corrected chi connectivity index (χ3v) is 3.14. The molecule has 20 heavy (non-hydrogen) atoms. The first-order valence-corrected chi connectivity index (χ1v) is 6.94. The van der Waals surface area contributed by atoms with E-state index < -0.39 is 23.3 Å². The van der Waals surface area contributed by atoms with E-state index in [1.807, 2.05) is 20.8 Å². The summed E-state index contributed by atoms with van der Waals surface area (Å²) in [5.74, 6) is -0.421. The molecule has 116 valence electrons. The molecule has 0 N–H and O–H groups in total. The summed E-state index contributed by atoms with van der Waals surface area (Å²) in [6.45, 7) is 8.18. The largest absolute Gasteiger partial charge is 0.464 e. The lowest BCUT2D eigenvalue weighted by Crippen LogP contribution is -2.57. The maximum Gasteiger partial charge on any atom is 0.410 e. The summed E-state index contributed by atoms with van der Waals surface area (Å²) in [4.78, 5) is 25.7. The van der Waals surface area contributed by atoms with Crippen LogP contribution in [0.15, 0.2) is 0 Å². The molecule has 1 heterocycles. The van der Waals surface area contributed by atoms with Crippen LogP contribution in [0, 0.1) is 0 Å². The van der Waals surface area contributed by atoms with Crippen LogP contribution in [0.5, 0.6) is 0 Å². The molecule has 0 aromatic carbocycles. The van der Waals surface area contributed by atoms with Gasteiger partial charge in [0.05, 0.1) is 13.2 Å². The molecule has 0 saturated carbocycles. The van der Waals surface area contributed by atoms with Crippen LogP contribution in [0.4, 0.5) is 4.79 Å². The molecule has 0 aromatic heterocycles. The van der Waals surface area contributed by atoms with E-state index in [0.717, 1.165) is 0 Å². The van der Waals surface area contributed by atoms with Gasteiger partial charge in [-0.3, -0.25) is 0 Å². The van der Waals surface area contributed by atoms with Crippen molar-refractivity contribution >= 4 is 12.1 Å². The molecule has 0 bridgehead atoms. The minimum Gasteiger partial charge on any atom is -0.464 e. The Morgan fingerprint density at radius 1 is 1.30 bits per heavy atom. The van der Waals surface area contributed by atoms with E-state index in [2.05, 4.69) is 0 Å². The third-order valence-electron chi connectivity index (χ3n) is 3.14. The van der Waals surface area contributed by atoms with Crippen LogP contribution in [0.25, 0.3) is 0 Å². The fraction of sp³-hybridized carbons (Fsp3) is 0.857. The van der Waals surface area contributed by atoms with E-state index in [9.17, 15) is 9.59 Å². The van der Waals surface area contributed by atoms with E-state index in [1.54, 1.807) is 6.92 Å². The number of nitrogens with zero attached hydrogens (tertiary/aromatic N) is 1. The number of rotatable bonds is 3. The molecule has 1 saturated heterocycles. The zero-order chi connectivity index (χ0) is 15.4. The Bertz CT molecular complexity index is 363. The SMILES string of the molecule is CCOC(=O)C1(OC)CCCN(C(=O)OC(C)(C)C)C1. The highest BCUT2D eigenvalue weighted by Crippen LogP contribution is 2.27. The van der Waals surface area contributed by atoms with E-state index >= 15 is 0 Å². The van der Waals surface area contributed by atoms with Crippen LogP contribution in [0.1, 0.15) is 40.5 Å². The number of hydrogen-bond acceptors (Lipinski definition) is 5. The Labute approximate surface area is 120 Å². The van der Waals surface area contributed by atoms with Crippen molar-refractivity contribution < 1.29 is 23.8 Å². The second-order valence-electron chi connectivity index (χ2n) is 5.92. The Morgan fingerprint density at radius 3 is 2.45 bits per heavy atom. The first-order chi connectivity index (χ1) is 9.24. The minimum atomic E-state index is -1.08. The Hall–Kier alpha value is -1.30. The molecule has 1 fully saturated rings. The van der Waals surface area contributed by atoms with Crippen LogP contribution in [0.2, 0.25) is 0 Å². The van der Waals surface area contributed by atoms with Gasteiger partial charge in [-0.15, -0.1) is 0 Å². The van der Waals surface area contributed by atoms with Crippen molar-refractivity contribution in [2.24, 2.45) is 0 Å². The molecule has 1 atom stereocenters. The highest BCUT2D eigenvalue weighted by Gasteiger charge is 2.45. The number of likely N-dealkylation sites (tertiary alicyclic amines) is 1. The molecule has 6 heteroatoms. The van der Waals surface area contributed by atoms with Gasteiger partial charge in [0.25, 0.3) is 0 Å². The molecule has 1 rings (SSSR count). The number of hydrogen-bond donors (Lipinski definition) is 0. The molecular weight excluding hydrogens is 262 g/mol. The standard InChI is InChI=1S/C14H25NO5/c1-6-19-11(16)14(18-5)8-7-9-15(10-14)12(17)20-13(2,3)4/h6-10H2,1-5H3. The van der Waals surface area contributed by atoms with Gasteiger partial charge in [0.1, 0.15) is 5.60 Å². The van der Waals surface area contributed by atoms with Crippen molar-refractivity contribution in [3.8, 4) is 0 Å². The lowest BCUT2D eigenvalue weighted by molar-refractivity contribution is -0.174. The maximum absolute atomic E-state index is 12.1. The van der Waals surface area contributed by atoms with Gasteiger partial charge in [-0.25, -0.2) is 9.59 Å². The van der Waals surface area contributed by atoms with Gasteiger partial charge in [-0.1, -0.05) is 0 Å². The molecule has 0 radical (unpaired) electrons. The number of carbonyl (C=O) groups is 2. The van der Waals surface area contributed by atoms with E-state index in [4.69, 9.17) is 14.2 Å². The summed E-state index contributed by atoms with van der Waals surface area (Å²) >= 11 is 0. The monoisotopic (exact) mass is 287 g/mol. The summed E-state index contributed by atoms with van der Waals surface area (Å²) in [5.41, 5.74) is -1.64. The second-order valence-corrected chi connectivity index (χ2v) is 5.92. The zero-order valence-electron chi connectivity index (χ0n) is 13.0. The normalized spacial score (nSPS) is 23.4. The van der Waals surface area contributed by atoms with Crippen LogP contribution in [-0.2, 0) is 19.0 Å². The van der Waals surface area contributed by atoms with Crippen LogP contribution in [0.3, 0.4) is 0 Å². The predicted octanol–water partition coefficient (Wildman–Crippen LogP) is 1.97. The summed E-state index contributed by atoms with van der Waals surface area (Å²) in [6, 6.07) is 0. The van der Waals surface area contributed by atoms with Crippen LogP contribution in [-0.4, -0.2) is 55.0 Å². The van der Waals surface area contributed by atoms with Crippen molar-refractivity contribution in [2.45, 2.75) is 51.7 Å². The first kappa shape index (κ1) is 16.8. The smallest absolute Gasteiger partial charge is 0.410 e. The molecular formula is C14H25NO5. The fourth-order valence-electron chi connectivity index (χ4n) is 2.18. The molecule has 1 aliphatic rings. The average Bonchev–Trinajstić information content (AvgIpc) is 2.37. The minimum absolute atomic E-state index is 0.164. The van der Waals surface area contributed by atoms with Crippen molar-refractivity contribution in [3.05, 3.63) is 0 Å². The van der Waals surface area contributed by atoms with E-state index in [-0.39, 0.29) is 13.2 Å². The van der Waals surface area contributed by atoms with Gasteiger partial charge in [0, 0.05) is 13.7 Å². The molecule has 0 spiro atoms. The van der Waals surface area contributed by atoms with Crippen molar-refractivity contribution in [2.75, 3.05) is 26.8 Å². The third kappa shape index (κ3) is 4.10. The number of amides is 1. The van der Waals surface area contributed by atoms with Crippen LogP contribution >= 0.6 is 0 Å². The number of carbonyl (C=O) groups excluding carboxylic acids is 2. The summed E-state index contributed by atoms with van der Waals surface area (Å²) < 4.78 is 15.8. The number of ether oxygens (including phenoxy) is 3. The Kier molecular flexibility index (Phi) is 5.39. The number of esters is 1. The van der Waals surface area contributed by atoms with Crippen molar-refractivity contribution in [3.63, 3.8) is 0 Å². The maximum atomic E-state index is 12.1. The fourth-order valence-corrected chi connectivity index (χ4v) is 2.18. The molecule has 0 aliphatic carbocycles. The zero-order valence-corrected chi connectivity index (χ0v) is 13.0. The molecule has 1 unspecified atom stereocenters. The quantitative estimate of drug-likeness (QED) is 0.742. The summed E-state index contributed by atoms with van der Waals surface area (Å²) in [7, 11) is 1.47. The van der Waals surface area contributed by atoms with Gasteiger partial charge in [0.15, 0.2) is 5.60 Å². The summed E-state index contributed by atoms with van der Waals surface area (Å²) in [5, 5.41) is 0. The molecule has 6 nitrogen and oxygen atoms in total. The number of piperidine rings is 1. The van der Waals surface area contributed by atoms with Gasteiger partial charge < -0.3 is 19.1 Å². The average molecular weight is 287 g/mol. The highest BCUT2D eigenvalue weighted by atomic mass is 16.6. The Morgan fingerprint density at radius 2 is 1.95 bits per heavy atom. The number of methoxy groups -OCH3 is 1. The van der Waals surface area contributed by atoms with Gasteiger partial charge in [0.2, 0.25) is 0 Å². The van der Waals surface area contributed by atoms with Crippen molar-refractivity contribution in [1.82, 2.24) is 4.90 Å². The topological polar surface area (TPSA) is 65.1 Å². The molecule has 1 amide bonds. The van der Waals surface area contributed by atoms with Gasteiger partial charge in [-0.05, 0) is 40.5 Å². The van der Waals surface area contributed by atoms with Gasteiger partial charge in [-0.2, -0.15) is 0 Å². The Balaban J connectivity index is 2.78. The van der Waals surface area contributed by atoms with Gasteiger partial charge >= 0.3 is 12.1 Å². The van der Waals surface area contributed by atoms with E-state index in [1.165, 1.54) is 12.0 Å². The molecule has 0 aromatic rings. The molecule has 1 aliphatic heterocycles.